The van der Waals surface area contributed by atoms with E-state index >= 15 is 0 Å². The molecule has 3 N–H and O–H groups in total. The van der Waals surface area contributed by atoms with Gasteiger partial charge < -0.3 is 25.6 Å². The van der Waals surface area contributed by atoms with E-state index in [1.807, 2.05) is 24.0 Å². The van der Waals surface area contributed by atoms with Crippen molar-refractivity contribution in [1.82, 2.24) is 24.9 Å². The summed E-state index contributed by atoms with van der Waals surface area (Å²) >= 11 is 0. The minimum atomic E-state index is 0.478. The van der Waals surface area contributed by atoms with E-state index in [0.717, 1.165) is 93.5 Å². The monoisotopic (exact) mass is 456 g/mol. The molecule has 3 rings (SSSR count). The lowest BCUT2D eigenvalue weighted by Gasteiger charge is -2.24. The highest BCUT2D eigenvalue weighted by atomic mass is 16.5. The van der Waals surface area contributed by atoms with Crippen molar-refractivity contribution in [1.29, 1.82) is 0 Å². The molecule has 1 aromatic heterocycles. The van der Waals surface area contributed by atoms with E-state index in [0.29, 0.717) is 12.5 Å². The van der Waals surface area contributed by atoms with Gasteiger partial charge in [0.25, 0.3) is 0 Å². The van der Waals surface area contributed by atoms with Gasteiger partial charge in [0.15, 0.2) is 0 Å². The number of aromatic nitrogens is 2. The van der Waals surface area contributed by atoms with Gasteiger partial charge in [-0.1, -0.05) is 6.58 Å². The molecule has 9 nitrogen and oxygen atoms in total. The number of nitrogens with two attached hydrogens (primary N) is 1. The standard InChI is InChI=1S/C24H40N8O/c1-19-17-33-14-6-11-31(19)10-5-9-26-24(28-18-25)22(21-7-8-21)15-27-23-16-32(29-20(23)2)13-12-30(3)4/h15-16,18,21,26H,1,5-14,17H2,2-4H3,(H2,25,28)/b24-22+,27-15-. The van der Waals surface area contributed by atoms with Crippen molar-refractivity contribution in [2.24, 2.45) is 21.6 Å². The first kappa shape index (κ1) is 25.0. The van der Waals surface area contributed by atoms with Crippen LogP contribution in [0.15, 0.2) is 39.9 Å². The Balaban J connectivity index is 1.63. The van der Waals surface area contributed by atoms with Crippen LogP contribution in [0.5, 0.6) is 0 Å². The highest BCUT2D eigenvalue weighted by Gasteiger charge is 2.28. The number of rotatable bonds is 12. The fraction of sp³-hybridized carbons (Fsp3) is 0.625. The van der Waals surface area contributed by atoms with Crippen LogP contribution in [0.1, 0.15) is 31.4 Å². The van der Waals surface area contributed by atoms with Crippen LogP contribution in [0.2, 0.25) is 0 Å². The number of aryl methyl sites for hydroxylation is 1. The second-order valence-electron chi connectivity index (χ2n) is 9.02. The molecule has 2 heterocycles. The number of hydrogen-bond acceptors (Lipinski definition) is 7. The molecule has 0 unspecified atom stereocenters. The molecule has 0 bridgehead atoms. The van der Waals surface area contributed by atoms with Gasteiger partial charge in [-0.15, -0.1) is 0 Å². The van der Waals surface area contributed by atoms with Crippen molar-refractivity contribution in [3.05, 3.63) is 35.6 Å². The molecule has 33 heavy (non-hydrogen) atoms. The minimum absolute atomic E-state index is 0.478. The second-order valence-corrected chi connectivity index (χ2v) is 9.02. The summed E-state index contributed by atoms with van der Waals surface area (Å²) in [5.74, 6) is 1.30. The zero-order valence-corrected chi connectivity index (χ0v) is 20.5. The predicted octanol–water partition coefficient (Wildman–Crippen LogP) is 2.28. The third kappa shape index (κ3) is 8.01. The van der Waals surface area contributed by atoms with Crippen molar-refractivity contribution in [3.8, 4) is 0 Å². The van der Waals surface area contributed by atoms with Crippen LogP contribution in [0.4, 0.5) is 5.69 Å². The third-order valence-electron chi connectivity index (χ3n) is 5.86. The van der Waals surface area contributed by atoms with Gasteiger partial charge in [-0.3, -0.25) is 9.67 Å². The average Bonchev–Trinajstić information content (AvgIpc) is 3.58. The maximum atomic E-state index is 5.68. The van der Waals surface area contributed by atoms with E-state index in [1.165, 1.54) is 6.34 Å². The molecule has 1 saturated carbocycles. The number of nitrogens with zero attached hydrogens (tertiary/aromatic N) is 6. The van der Waals surface area contributed by atoms with Crippen LogP contribution in [-0.2, 0) is 11.3 Å². The molecular weight excluding hydrogens is 416 g/mol. The van der Waals surface area contributed by atoms with Crippen LogP contribution in [0, 0.1) is 12.8 Å². The molecule has 2 aliphatic rings. The van der Waals surface area contributed by atoms with Crippen LogP contribution in [0.3, 0.4) is 0 Å². The normalized spacial score (nSPS) is 18.4. The molecule has 9 heteroatoms. The van der Waals surface area contributed by atoms with E-state index in [-0.39, 0.29) is 0 Å². The molecule has 0 radical (unpaired) electrons. The highest BCUT2D eigenvalue weighted by Crippen LogP contribution is 2.37. The lowest BCUT2D eigenvalue weighted by molar-refractivity contribution is 0.161. The molecule has 1 saturated heterocycles. The molecule has 1 aliphatic carbocycles. The van der Waals surface area contributed by atoms with Gasteiger partial charge in [0, 0.05) is 50.3 Å². The summed E-state index contributed by atoms with van der Waals surface area (Å²) in [7, 11) is 4.13. The van der Waals surface area contributed by atoms with Crippen LogP contribution in [-0.4, -0.2) is 85.6 Å². The molecule has 0 spiro atoms. The number of nitrogens with one attached hydrogen (secondary N) is 1. The van der Waals surface area contributed by atoms with Crippen molar-refractivity contribution >= 4 is 18.2 Å². The van der Waals surface area contributed by atoms with Gasteiger partial charge in [0.05, 0.1) is 31.4 Å². The number of hydrogen-bond donors (Lipinski definition) is 2. The van der Waals surface area contributed by atoms with Gasteiger partial charge >= 0.3 is 0 Å². The van der Waals surface area contributed by atoms with Crippen molar-refractivity contribution in [3.63, 3.8) is 0 Å². The Bertz CT molecular complexity index is 866. The van der Waals surface area contributed by atoms with Gasteiger partial charge in [-0.05, 0) is 52.6 Å². The van der Waals surface area contributed by atoms with Gasteiger partial charge in [-0.2, -0.15) is 5.10 Å². The first-order chi connectivity index (χ1) is 16.0. The SMILES string of the molecule is C=C1COCCCN1CCCNC(/N=C/N)=C(/C=N\c1cn(CCN(C)C)nc1C)C1CC1. The molecule has 0 amide bonds. The van der Waals surface area contributed by atoms with E-state index in [4.69, 9.17) is 15.5 Å². The average molecular weight is 457 g/mol. The van der Waals surface area contributed by atoms with Gasteiger partial charge in [-0.25, -0.2) is 4.99 Å². The Morgan fingerprint density at radius 2 is 2.21 bits per heavy atom. The van der Waals surface area contributed by atoms with E-state index < -0.39 is 0 Å². The Morgan fingerprint density at radius 1 is 1.39 bits per heavy atom. The molecule has 2 fully saturated rings. The van der Waals surface area contributed by atoms with E-state index in [9.17, 15) is 0 Å². The molecule has 182 valence electrons. The number of aliphatic imine (C=N–C) groups is 2. The maximum absolute atomic E-state index is 5.68. The zero-order chi connectivity index (χ0) is 23.6. The number of ether oxygens (including phenoxy) is 1. The minimum Gasteiger partial charge on any atom is -0.390 e. The third-order valence-corrected chi connectivity index (χ3v) is 5.86. The summed E-state index contributed by atoms with van der Waals surface area (Å²) in [5.41, 5.74) is 9.68. The quantitative estimate of drug-likeness (QED) is 0.285. The topological polar surface area (TPSA) is 96.3 Å². The van der Waals surface area contributed by atoms with Crippen molar-refractivity contribution in [2.75, 3.05) is 53.5 Å². The number of allylic oxidation sites excluding steroid dienone is 1. The Kier molecular flexibility index (Phi) is 9.50. The summed E-state index contributed by atoms with van der Waals surface area (Å²) in [4.78, 5) is 13.7. The molecule has 1 aromatic rings. The Morgan fingerprint density at radius 3 is 2.94 bits per heavy atom. The van der Waals surface area contributed by atoms with Crippen LogP contribution in [0.25, 0.3) is 0 Å². The summed E-state index contributed by atoms with van der Waals surface area (Å²) < 4.78 is 7.52. The first-order valence-corrected chi connectivity index (χ1v) is 11.9. The second kappa shape index (κ2) is 12.6. The van der Waals surface area contributed by atoms with Crippen molar-refractivity contribution < 1.29 is 4.74 Å². The molecule has 0 atom stereocenters. The van der Waals surface area contributed by atoms with Crippen molar-refractivity contribution in [2.45, 2.75) is 39.2 Å². The van der Waals surface area contributed by atoms with Crippen LogP contribution < -0.4 is 11.1 Å². The first-order valence-electron chi connectivity index (χ1n) is 11.9. The zero-order valence-electron chi connectivity index (χ0n) is 20.5. The van der Waals surface area contributed by atoms with E-state index in [1.54, 1.807) is 0 Å². The maximum Gasteiger partial charge on any atom is 0.132 e. The van der Waals surface area contributed by atoms with Crippen LogP contribution >= 0.6 is 0 Å². The molecule has 0 aromatic carbocycles. The highest BCUT2D eigenvalue weighted by molar-refractivity contribution is 5.83. The fourth-order valence-electron chi connectivity index (χ4n) is 3.78. The molecule has 1 aliphatic heterocycles. The largest absolute Gasteiger partial charge is 0.390 e. The Labute approximate surface area is 198 Å². The van der Waals surface area contributed by atoms with Gasteiger partial charge in [0.1, 0.15) is 11.5 Å². The van der Waals surface area contributed by atoms with Gasteiger partial charge in [0.2, 0.25) is 0 Å². The summed E-state index contributed by atoms with van der Waals surface area (Å²) in [6.45, 7) is 12.1. The fourth-order valence-corrected chi connectivity index (χ4v) is 3.78. The number of likely N-dealkylation sites (N-methyl/N-ethyl adjacent to an activating group) is 1. The molecular formula is C24H40N8O. The smallest absolute Gasteiger partial charge is 0.132 e. The predicted molar refractivity (Wildman–Crippen MR) is 135 cm³/mol. The Hall–Kier alpha value is -2.65. The summed E-state index contributed by atoms with van der Waals surface area (Å²) in [6.07, 6.45) is 9.65. The summed E-state index contributed by atoms with van der Waals surface area (Å²) in [6, 6.07) is 0. The lowest BCUT2D eigenvalue weighted by Crippen LogP contribution is -2.28. The summed E-state index contributed by atoms with van der Waals surface area (Å²) in [5, 5.41) is 8.09. The van der Waals surface area contributed by atoms with E-state index in [2.05, 4.69) is 45.9 Å². The lowest BCUT2D eigenvalue weighted by atomic mass is 10.1.